The van der Waals surface area contributed by atoms with Crippen molar-refractivity contribution in [1.29, 1.82) is 0 Å². The van der Waals surface area contributed by atoms with Crippen molar-refractivity contribution in [2.75, 3.05) is 25.4 Å². The van der Waals surface area contributed by atoms with E-state index in [-0.39, 0.29) is 5.75 Å². The maximum atomic E-state index is 11.9. The number of rotatable bonds is 4. The molecule has 0 aromatic rings. The summed E-state index contributed by atoms with van der Waals surface area (Å²) in [4.78, 5) is 0. The van der Waals surface area contributed by atoms with E-state index in [4.69, 9.17) is 5.73 Å². The van der Waals surface area contributed by atoms with E-state index in [1.54, 1.807) is 4.31 Å². The minimum absolute atomic E-state index is 0.268. The molecule has 1 atom stereocenters. The summed E-state index contributed by atoms with van der Waals surface area (Å²) in [6, 6.07) is 0. The van der Waals surface area contributed by atoms with Crippen LogP contribution in [0.5, 0.6) is 0 Å². The summed E-state index contributed by atoms with van der Waals surface area (Å²) in [5.41, 5.74) is 5.63. The molecule has 1 heterocycles. The summed E-state index contributed by atoms with van der Waals surface area (Å²) in [6.45, 7) is 3.80. The Balaban J connectivity index is 2.66. The molecule has 0 aromatic carbocycles. The zero-order valence-corrected chi connectivity index (χ0v) is 10.3. The lowest BCUT2D eigenvalue weighted by Crippen LogP contribution is -2.37. The van der Waals surface area contributed by atoms with Crippen LogP contribution in [-0.4, -0.2) is 38.1 Å². The van der Waals surface area contributed by atoms with Crippen LogP contribution in [0.3, 0.4) is 0 Å². The third kappa shape index (κ3) is 3.74. The van der Waals surface area contributed by atoms with Crippen molar-refractivity contribution < 1.29 is 8.42 Å². The van der Waals surface area contributed by atoms with Crippen molar-refractivity contribution in [3.05, 3.63) is 0 Å². The van der Waals surface area contributed by atoms with E-state index >= 15 is 0 Å². The average Bonchev–Trinajstić information content (AvgIpc) is 2.42. The Hall–Kier alpha value is -0.130. The fraction of sp³-hybridized carbons (Fsp3) is 1.00. The smallest absolute Gasteiger partial charge is 0.214 e. The van der Waals surface area contributed by atoms with Gasteiger partial charge in [-0.2, -0.15) is 0 Å². The second-order valence-corrected chi connectivity index (χ2v) is 6.36. The molecule has 1 rings (SSSR count). The molecule has 1 aliphatic heterocycles. The molecule has 4 nitrogen and oxygen atoms in total. The molecule has 0 radical (unpaired) electrons. The molecule has 1 saturated heterocycles. The standard InChI is InChI=1S/C10H22N2O2S/c1-2-7-15(13,14)12-6-4-3-5-10(8-11)9-12/h10H,2-9,11H2,1H3. The summed E-state index contributed by atoms with van der Waals surface area (Å²) in [6.07, 6.45) is 3.82. The monoisotopic (exact) mass is 234 g/mol. The Kier molecular flexibility index (Phi) is 5.02. The van der Waals surface area contributed by atoms with E-state index in [2.05, 4.69) is 0 Å². The van der Waals surface area contributed by atoms with Gasteiger partial charge in [0.2, 0.25) is 10.0 Å². The molecule has 1 unspecified atom stereocenters. The van der Waals surface area contributed by atoms with Gasteiger partial charge in [-0.05, 0) is 31.7 Å². The van der Waals surface area contributed by atoms with Gasteiger partial charge in [-0.25, -0.2) is 12.7 Å². The second kappa shape index (κ2) is 5.82. The largest absolute Gasteiger partial charge is 0.330 e. The van der Waals surface area contributed by atoms with Gasteiger partial charge in [-0.15, -0.1) is 0 Å². The van der Waals surface area contributed by atoms with Crippen molar-refractivity contribution in [1.82, 2.24) is 4.31 Å². The van der Waals surface area contributed by atoms with Crippen LogP contribution in [0.2, 0.25) is 0 Å². The molecule has 1 aliphatic rings. The first-order valence-electron chi connectivity index (χ1n) is 5.78. The van der Waals surface area contributed by atoms with Crippen molar-refractivity contribution >= 4 is 10.0 Å². The third-order valence-electron chi connectivity index (χ3n) is 2.92. The summed E-state index contributed by atoms with van der Waals surface area (Å²) in [7, 11) is -3.02. The molecule has 90 valence electrons. The third-order valence-corrected chi connectivity index (χ3v) is 4.96. The van der Waals surface area contributed by atoms with Gasteiger partial charge in [0.25, 0.3) is 0 Å². The Bertz CT molecular complexity index is 277. The lowest BCUT2D eigenvalue weighted by atomic mass is 10.0. The van der Waals surface area contributed by atoms with E-state index in [0.29, 0.717) is 32.0 Å². The van der Waals surface area contributed by atoms with E-state index in [9.17, 15) is 8.42 Å². The molecule has 5 heteroatoms. The number of hydrogen-bond donors (Lipinski definition) is 1. The minimum atomic E-state index is -3.02. The first kappa shape index (κ1) is 12.9. The molecule has 1 fully saturated rings. The summed E-state index contributed by atoms with van der Waals surface area (Å²) >= 11 is 0. The van der Waals surface area contributed by atoms with Gasteiger partial charge in [-0.1, -0.05) is 13.3 Å². The molecule has 0 aliphatic carbocycles. The molecule has 15 heavy (non-hydrogen) atoms. The van der Waals surface area contributed by atoms with E-state index in [1.807, 2.05) is 6.92 Å². The minimum Gasteiger partial charge on any atom is -0.330 e. The van der Waals surface area contributed by atoms with Crippen LogP contribution in [0.4, 0.5) is 0 Å². The van der Waals surface area contributed by atoms with Crippen LogP contribution in [0, 0.1) is 5.92 Å². The SMILES string of the molecule is CCCS(=O)(=O)N1CCCCC(CN)C1. The Morgan fingerprint density at radius 3 is 2.73 bits per heavy atom. The normalized spacial score (nSPS) is 25.1. The Morgan fingerprint density at radius 2 is 2.13 bits per heavy atom. The zero-order chi connectivity index (χ0) is 11.3. The van der Waals surface area contributed by atoms with Gasteiger partial charge in [0.1, 0.15) is 0 Å². The van der Waals surface area contributed by atoms with Crippen LogP contribution >= 0.6 is 0 Å². The molecule has 0 bridgehead atoms. The molecule has 0 spiro atoms. The van der Waals surface area contributed by atoms with E-state index in [0.717, 1.165) is 19.3 Å². The molecular formula is C10H22N2O2S. The molecule has 0 amide bonds. The fourth-order valence-electron chi connectivity index (χ4n) is 2.02. The van der Waals surface area contributed by atoms with Gasteiger partial charge < -0.3 is 5.73 Å². The highest BCUT2D eigenvalue weighted by Gasteiger charge is 2.25. The molecule has 2 N–H and O–H groups in total. The zero-order valence-electron chi connectivity index (χ0n) is 9.48. The van der Waals surface area contributed by atoms with E-state index < -0.39 is 10.0 Å². The number of sulfonamides is 1. The molecule has 0 saturated carbocycles. The first-order chi connectivity index (χ1) is 7.10. The number of nitrogens with zero attached hydrogens (tertiary/aromatic N) is 1. The van der Waals surface area contributed by atoms with Crippen LogP contribution < -0.4 is 5.73 Å². The van der Waals surface area contributed by atoms with Crippen LogP contribution in [-0.2, 0) is 10.0 Å². The molecule has 0 aromatic heterocycles. The summed E-state index contributed by atoms with van der Waals surface area (Å²) in [5.74, 6) is 0.615. The first-order valence-corrected chi connectivity index (χ1v) is 7.39. The topological polar surface area (TPSA) is 63.4 Å². The maximum absolute atomic E-state index is 11.9. The predicted octanol–water partition coefficient (Wildman–Crippen LogP) is 0.787. The van der Waals surface area contributed by atoms with Crippen LogP contribution in [0.25, 0.3) is 0 Å². The Morgan fingerprint density at radius 1 is 1.40 bits per heavy atom. The maximum Gasteiger partial charge on any atom is 0.214 e. The predicted molar refractivity (Wildman–Crippen MR) is 62.0 cm³/mol. The molecular weight excluding hydrogens is 212 g/mol. The quantitative estimate of drug-likeness (QED) is 0.782. The highest BCUT2D eigenvalue weighted by molar-refractivity contribution is 7.89. The van der Waals surface area contributed by atoms with Crippen molar-refractivity contribution in [2.24, 2.45) is 11.7 Å². The van der Waals surface area contributed by atoms with Crippen molar-refractivity contribution in [2.45, 2.75) is 32.6 Å². The highest BCUT2D eigenvalue weighted by atomic mass is 32.2. The lowest BCUT2D eigenvalue weighted by molar-refractivity contribution is 0.369. The fourth-order valence-corrected chi connectivity index (χ4v) is 3.64. The van der Waals surface area contributed by atoms with Crippen LogP contribution in [0.15, 0.2) is 0 Å². The van der Waals surface area contributed by atoms with Crippen molar-refractivity contribution in [3.8, 4) is 0 Å². The van der Waals surface area contributed by atoms with Gasteiger partial charge >= 0.3 is 0 Å². The average molecular weight is 234 g/mol. The number of hydrogen-bond acceptors (Lipinski definition) is 3. The van der Waals surface area contributed by atoms with Gasteiger partial charge in [0, 0.05) is 13.1 Å². The van der Waals surface area contributed by atoms with E-state index in [1.165, 1.54) is 0 Å². The summed E-state index contributed by atoms with van der Waals surface area (Å²) < 4.78 is 25.4. The highest BCUT2D eigenvalue weighted by Crippen LogP contribution is 2.18. The van der Waals surface area contributed by atoms with Gasteiger partial charge in [-0.3, -0.25) is 0 Å². The second-order valence-electron chi connectivity index (χ2n) is 4.27. The van der Waals surface area contributed by atoms with Crippen LogP contribution in [0.1, 0.15) is 32.6 Å². The number of nitrogens with two attached hydrogens (primary N) is 1. The summed E-state index contributed by atoms with van der Waals surface area (Å²) in [5, 5.41) is 0. The van der Waals surface area contributed by atoms with Gasteiger partial charge in [0.05, 0.1) is 5.75 Å². The Labute approximate surface area is 92.9 Å². The van der Waals surface area contributed by atoms with Gasteiger partial charge in [0.15, 0.2) is 0 Å². The lowest BCUT2D eigenvalue weighted by Gasteiger charge is -2.22. The van der Waals surface area contributed by atoms with Crippen molar-refractivity contribution in [3.63, 3.8) is 0 Å².